The zero-order chi connectivity index (χ0) is 15.5. The highest BCUT2D eigenvalue weighted by Gasteiger charge is 2.33. The molecule has 7 nitrogen and oxygen atoms in total. The number of nitrogens with zero attached hydrogens (tertiary/aromatic N) is 2. The van der Waals surface area contributed by atoms with Gasteiger partial charge in [-0.25, -0.2) is 14.8 Å². The minimum atomic E-state index is -0.842. The Morgan fingerprint density at radius 3 is 2.68 bits per heavy atom. The number of urea groups is 1. The molecule has 0 bridgehead atoms. The van der Waals surface area contributed by atoms with Crippen LogP contribution >= 0.6 is 11.3 Å². The molecular formula is C14H14N4O3S. The summed E-state index contributed by atoms with van der Waals surface area (Å²) in [4.78, 5) is 27.6. The number of rotatable bonds is 4. The maximum atomic E-state index is 11.8. The summed E-state index contributed by atoms with van der Waals surface area (Å²) < 4.78 is 0. The Kier molecular flexibility index (Phi) is 4.03. The van der Waals surface area contributed by atoms with E-state index < -0.39 is 17.9 Å². The van der Waals surface area contributed by atoms with E-state index in [-0.39, 0.29) is 0 Å². The highest BCUT2D eigenvalue weighted by atomic mass is 32.1. The van der Waals surface area contributed by atoms with Gasteiger partial charge in [0.2, 0.25) is 0 Å². The van der Waals surface area contributed by atoms with Crippen molar-refractivity contribution < 1.29 is 14.7 Å². The van der Waals surface area contributed by atoms with E-state index in [1.165, 1.54) is 11.3 Å². The lowest BCUT2D eigenvalue weighted by Crippen LogP contribution is -2.58. The van der Waals surface area contributed by atoms with Crippen molar-refractivity contribution in [2.24, 2.45) is 5.92 Å². The molecule has 0 spiro atoms. The zero-order valence-electron chi connectivity index (χ0n) is 11.5. The molecule has 3 N–H and O–H groups in total. The number of hydrogen-bond acceptors (Lipinski definition) is 5. The normalized spacial score (nSPS) is 15.1. The van der Waals surface area contributed by atoms with Crippen LogP contribution < -0.4 is 10.7 Å². The first-order chi connectivity index (χ1) is 10.6. The fourth-order valence-corrected chi connectivity index (χ4v) is 2.88. The van der Waals surface area contributed by atoms with Gasteiger partial charge in [-0.1, -0.05) is 41.7 Å². The number of carboxylic acids is 1. The number of nitrogens with one attached hydrogen (secondary N) is 2. The Bertz CT molecular complexity index is 682. The molecule has 114 valence electrons. The molecule has 3 rings (SSSR count). The number of carboxylic acid groups (broad SMARTS) is 1. The van der Waals surface area contributed by atoms with Crippen molar-refractivity contribution in [3.8, 4) is 10.4 Å². The molecule has 1 aliphatic heterocycles. The third kappa shape index (κ3) is 3.23. The summed E-state index contributed by atoms with van der Waals surface area (Å²) in [6.07, 6.45) is 1.71. The molecule has 8 heteroatoms. The van der Waals surface area contributed by atoms with E-state index in [2.05, 4.69) is 15.7 Å². The largest absolute Gasteiger partial charge is 0.481 e. The van der Waals surface area contributed by atoms with E-state index in [1.54, 1.807) is 11.2 Å². The van der Waals surface area contributed by atoms with Gasteiger partial charge in [-0.05, 0) is 5.56 Å². The number of carbonyl (C=O) groups is 2. The molecule has 1 fully saturated rings. The molecule has 1 aromatic heterocycles. The maximum Gasteiger partial charge on any atom is 0.335 e. The van der Waals surface area contributed by atoms with Gasteiger partial charge in [0.1, 0.15) is 0 Å². The predicted octanol–water partition coefficient (Wildman–Crippen LogP) is 1.86. The van der Waals surface area contributed by atoms with Crippen molar-refractivity contribution in [1.29, 1.82) is 0 Å². The SMILES string of the molecule is O=C(Nc1ncc(-c2ccccc2)s1)NN1CC(C(=O)O)C1. The van der Waals surface area contributed by atoms with Crippen molar-refractivity contribution in [3.05, 3.63) is 36.5 Å². The molecule has 1 saturated heterocycles. The van der Waals surface area contributed by atoms with Gasteiger partial charge in [0.25, 0.3) is 0 Å². The van der Waals surface area contributed by atoms with Crippen molar-refractivity contribution in [1.82, 2.24) is 15.4 Å². The van der Waals surface area contributed by atoms with Crippen LogP contribution in [0.15, 0.2) is 36.5 Å². The van der Waals surface area contributed by atoms with Gasteiger partial charge in [0, 0.05) is 19.3 Å². The minimum Gasteiger partial charge on any atom is -0.481 e. The van der Waals surface area contributed by atoms with Gasteiger partial charge < -0.3 is 5.11 Å². The molecular weight excluding hydrogens is 304 g/mol. The highest BCUT2D eigenvalue weighted by Crippen LogP contribution is 2.28. The average molecular weight is 318 g/mol. The number of anilines is 1. The van der Waals surface area contributed by atoms with Crippen LogP contribution in [0.1, 0.15) is 0 Å². The summed E-state index contributed by atoms with van der Waals surface area (Å²) >= 11 is 1.38. The van der Waals surface area contributed by atoms with Crippen LogP contribution in [-0.2, 0) is 4.79 Å². The van der Waals surface area contributed by atoms with Crippen LogP contribution in [0.4, 0.5) is 9.93 Å². The Balaban J connectivity index is 1.53. The predicted molar refractivity (Wildman–Crippen MR) is 82.4 cm³/mol. The molecule has 2 aromatic rings. The lowest BCUT2D eigenvalue weighted by atomic mass is 10.0. The van der Waals surface area contributed by atoms with Crippen molar-refractivity contribution >= 4 is 28.5 Å². The second kappa shape index (κ2) is 6.12. The average Bonchev–Trinajstić information content (AvgIpc) is 2.91. The second-order valence-corrected chi connectivity index (χ2v) is 5.93. The molecule has 1 aromatic carbocycles. The van der Waals surface area contributed by atoms with Crippen LogP contribution in [-0.4, -0.2) is 40.2 Å². The van der Waals surface area contributed by atoms with Crippen molar-refractivity contribution in [3.63, 3.8) is 0 Å². The lowest BCUT2D eigenvalue weighted by molar-refractivity contribution is -0.148. The first-order valence-electron chi connectivity index (χ1n) is 6.68. The van der Waals surface area contributed by atoms with Gasteiger partial charge in [-0.3, -0.25) is 15.5 Å². The molecule has 22 heavy (non-hydrogen) atoms. The molecule has 2 heterocycles. The first-order valence-corrected chi connectivity index (χ1v) is 7.50. The van der Waals surface area contributed by atoms with E-state index in [1.807, 2.05) is 30.3 Å². The second-order valence-electron chi connectivity index (χ2n) is 4.90. The summed E-state index contributed by atoms with van der Waals surface area (Å²) in [6.45, 7) is 0.631. The molecule has 0 aliphatic carbocycles. The Morgan fingerprint density at radius 2 is 2.00 bits per heavy atom. The monoisotopic (exact) mass is 318 g/mol. The van der Waals surface area contributed by atoms with Crippen LogP contribution in [0.3, 0.4) is 0 Å². The molecule has 2 amide bonds. The smallest absolute Gasteiger partial charge is 0.335 e. The number of hydrogen-bond donors (Lipinski definition) is 3. The van der Waals surface area contributed by atoms with Crippen LogP contribution in [0, 0.1) is 5.92 Å². The fraction of sp³-hybridized carbons (Fsp3) is 0.214. The number of carbonyl (C=O) groups excluding carboxylic acids is 1. The van der Waals surface area contributed by atoms with Crippen LogP contribution in [0.2, 0.25) is 0 Å². The summed E-state index contributed by atoms with van der Waals surface area (Å²) in [7, 11) is 0. The van der Waals surface area contributed by atoms with Crippen LogP contribution in [0.25, 0.3) is 10.4 Å². The van der Waals surface area contributed by atoms with Gasteiger partial charge in [0.15, 0.2) is 5.13 Å². The van der Waals surface area contributed by atoms with Gasteiger partial charge in [-0.15, -0.1) is 0 Å². The lowest BCUT2D eigenvalue weighted by Gasteiger charge is -2.36. The van der Waals surface area contributed by atoms with E-state index in [0.29, 0.717) is 18.2 Å². The molecule has 1 aliphatic rings. The summed E-state index contributed by atoms with van der Waals surface area (Å²) in [5.41, 5.74) is 3.63. The van der Waals surface area contributed by atoms with Crippen molar-refractivity contribution in [2.45, 2.75) is 0 Å². The fourth-order valence-electron chi connectivity index (χ4n) is 2.06. The third-order valence-electron chi connectivity index (χ3n) is 3.27. The molecule has 0 atom stereocenters. The summed E-state index contributed by atoms with van der Waals surface area (Å²) in [5, 5.41) is 13.5. The number of hydrazine groups is 1. The first kappa shape index (κ1) is 14.5. The maximum absolute atomic E-state index is 11.8. The summed E-state index contributed by atoms with van der Waals surface area (Å²) in [6, 6.07) is 9.36. The van der Waals surface area contributed by atoms with Crippen molar-refractivity contribution in [2.75, 3.05) is 18.4 Å². The highest BCUT2D eigenvalue weighted by molar-refractivity contribution is 7.19. The Hall–Kier alpha value is -2.45. The Morgan fingerprint density at radius 1 is 1.27 bits per heavy atom. The van der Waals surface area contributed by atoms with Gasteiger partial charge >= 0.3 is 12.0 Å². The van der Waals surface area contributed by atoms with E-state index in [4.69, 9.17) is 5.11 Å². The van der Waals surface area contributed by atoms with E-state index in [9.17, 15) is 9.59 Å². The van der Waals surface area contributed by atoms with E-state index in [0.717, 1.165) is 10.4 Å². The molecule has 0 radical (unpaired) electrons. The van der Waals surface area contributed by atoms with Crippen LogP contribution in [0.5, 0.6) is 0 Å². The van der Waals surface area contributed by atoms with Gasteiger partial charge in [0.05, 0.1) is 10.8 Å². The minimum absolute atomic E-state index is 0.315. The summed E-state index contributed by atoms with van der Waals surface area (Å²) in [5.74, 6) is -1.25. The Labute approximate surface area is 130 Å². The topological polar surface area (TPSA) is 94.6 Å². The molecule has 0 unspecified atom stereocenters. The standard InChI is InChI=1S/C14H14N4O3S/c19-12(20)10-7-18(8-10)17-13(21)16-14-15-6-11(22-14)9-4-2-1-3-5-9/h1-6,10H,7-8H2,(H,19,20)(H2,15,16,17,21). The zero-order valence-corrected chi connectivity index (χ0v) is 12.3. The molecule has 0 saturated carbocycles. The number of thiazole rings is 1. The number of benzene rings is 1. The quantitative estimate of drug-likeness (QED) is 0.800. The van der Waals surface area contributed by atoms with Gasteiger partial charge in [-0.2, -0.15) is 0 Å². The third-order valence-corrected chi connectivity index (χ3v) is 4.24. The number of amides is 2. The number of aliphatic carboxylic acids is 1. The van der Waals surface area contributed by atoms with E-state index >= 15 is 0 Å². The number of aromatic nitrogens is 1.